The highest BCUT2D eigenvalue weighted by Crippen LogP contribution is 2.52. The lowest BCUT2D eigenvalue weighted by atomic mass is 9.98. The van der Waals surface area contributed by atoms with Crippen LogP contribution in [0, 0.1) is 11.8 Å². The van der Waals surface area contributed by atoms with Gasteiger partial charge in [0, 0.05) is 48.3 Å². The van der Waals surface area contributed by atoms with Crippen molar-refractivity contribution in [3.63, 3.8) is 0 Å². The van der Waals surface area contributed by atoms with Gasteiger partial charge in [-0.1, -0.05) is 132 Å². The molecule has 192 valence electrons. The Balaban J connectivity index is 1.38. The molecule has 2 aromatic rings. The monoisotopic (exact) mass is 526 g/mol. The summed E-state index contributed by atoms with van der Waals surface area (Å²) in [7, 11) is -0.616. The minimum absolute atomic E-state index is 0.308. The van der Waals surface area contributed by atoms with Crippen LogP contribution in [0.5, 0.6) is 0 Å². The minimum atomic E-state index is -0.308. The summed E-state index contributed by atoms with van der Waals surface area (Å²) in [6.45, 7) is 2.17. The van der Waals surface area contributed by atoms with E-state index in [1.165, 1.54) is 31.6 Å². The molecule has 2 aromatic carbocycles. The summed E-state index contributed by atoms with van der Waals surface area (Å²) in [6, 6.07) is 24.1. The van der Waals surface area contributed by atoms with Crippen LogP contribution in [0.2, 0.25) is 0 Å². The average molecular weight is 527 g/mol. The van der Waals surface area contributed by atoms with Crippen molar-refractivity contribution in [3.05, 3.63) is 109 Å². The number of hydrogen-bond donors (Lipinski definition) is 2. The molecular formula is C33H40N2P2. The van der Waals surface area contributed by atoms with E-state index in [0.717, 1.165) is 13.1 Å². The first-order valence-corrected chi connectivity index (χ1v) is 17.4. The van der Waals surface area contributed by atoms with Gasteiger partial charge in [0.05, 0.1) is 0 Å². The lowest BCUT2D eigenvalue weighted by molar-refractivity contribution is 0.380. The molecule has 2 nitrogen and oxygen atoms in total. The van der Waals surface area contributed by atoms with Gasteiger partial charge < -0.3 is 10.6 Å². The molecular weight excluding hydrogens is 486 g/mol. The van der Waals surface area contributed by atoms with Crippen molar-refractivity contribution < 1.29 is 0 Å². The van der Waals surface area contributed by atoms with Gasteiger partial charge >= 0.3 is 0 Å². The molecule has 0 spiro atoms. The van der Waals surface area contributed by atoms with Crippen LogP contribution < -0.4 is 21.2 Å². The maximum absolute atomic E-state index is 4.05. The molecule has 0 bridgehead atoms. The number of nitrogens with one attached hydrogen (secondary N) is 2. The summed E-state index contributed by atoms with van der Waals surface area (Å²) >= 11 is 0. The average Bonchev–Trinajstić information content (AvgIpc) is 3.42. The van der Waals surface area contributed by atoms with E-state index in [0.29, 0.717) is 35.2 Å². The van der Waals surface area contributed by atoms with Gasteiger partial charge in [0.25, 0.3) is 0 Å². The SMILES string of the molecule is C1=CC2CN[C@H]3CCC[C@@H]3NCC3C=CC=CC3P(c3ccccc3)CCP(c3ccccc3)C2C=C1. The van der Waals surface area contributed by atoms with Crippen LogP contribution in [-0.4, -0.2) is 48.8 Å². The molecule has 0 aromatic heterocycles. The molecule has 1 aliphatic heterocycles. The Morgan fingerprint density at radius 2 is 0.973 bits per heavy atom. The third-order valence-corrected chi connectivity index (χ3v) is 14.9. The van der Waals surface area contributed by atoms with Crippen LogP contribution in [0.1, 0.15) is 19.3 Å². The van der Waals surface area contributed by atoms with E-state index in [9.17, 15) is 0 Å². The van der Waals surface area contributed by atoms with E-state index in [4.69, 9.17) is 0 Å². The largest absolute Gasteiger partial charge is 0.312 e. The zero-order valence-electron chi connectivity index (χ0n) is 21.7. The highest BCUT2D eigenvalue weighted by molar-refractivity contribution is 7.70. The first kappa shape index (κ1) is 25.5. The van der Waals surface area contributed by atoms with Crippen LogP contribution in [0.25, 0.3) is 0 Å². The normalized spacial score (nSPS) is 35.8. The maximum atomic E-state index is 4.05. The van der Waals surface area contributed by atoms with Crippen molar-refractivity contribution in [1.82, 2.24) is 10.6 Å². The fourth-order valence-electron chi connectivity index (χ4n) is 6.71. The smallest absolute Gasteiger partial charge is 0.0221 e. The molecule has 8 atom stereocenters. The second-order valence-corrected chi connectivity index (χ2v) is 15.9. The maximum Gasteiger partial charge on any atom is 0.0221 e. The minimum Gasteiger partial charge on any atom is -0.312 e. The molecule has 2 N–H and O–H groups in total. The Labute approximate surface area is 225 Å². The molecule has 0 radical (unpaired) electrons. The summed E-state index contributed by atoms with van der Waals surface area (Å²) < 4.78 is 0. The number of hydrogen-bond acceptors (Lipinski definition) is 2. The second-order valence-electron chi connectivity index (χ2n) is 10.9. The molecule has 0 amide bonds. The fourth-order valence-corrected chi connectivity index (χ4v) is 13.3. The van der Waals surface area contributed by atoms with E-state index >= 15 is 0 Å². The Bertz CT molecular complexity index is 1040. The van der Waals surface area contributed by atoms with E-state index in [2.05, 4.69) is 120 Å². The summed E-state index contributed by atoms with van der Waals surface area (Å²) in [5.41, 5.74) is 1.19. The molecule has 2 fully saturated rings. The van der Waals surface area contributed by atoms with Crippen LogP contribution in [0.15, 0.2) is 109 Å². The highest BCUT2D eigenvalue weighted by atomic mass is 31.1. The van der Waals surface area contributed by atoms with Gasteiger partial charge in [0.15, 0.2) is 0 Å². The molecule has 1 saturated carbocycles. The molecule has 1 saturated heterocycles. The van der Waals surface area contributed by atoms with E-state index in [-0.39, 0.29) is 15.8 Å². The van der Waals surface area contributed by atoms with Gasteiger partial charge in [-0.25, -0.2) is 0 Å². The fraction of sp³-hybridized carbons (Fsp3) is 0.394. The molecule has 6 unspecified atom stereocenters. The van der Waals surface area contributed by atoms with E-state index in [1.54, 1.807) is 10.6 Å². The Morgan fingerprint density at radius 1 is 0.541 bits per heavy atom. The van der Waals surface area contributed by atoms with Gasteiger partial charge in [0.2, 0.25) is 0 Å². The number of fused-ring (bicyclic) bond motifs is 3. The van der Waals surface area contributed by atoms with Crippen molar-refractivity contribution >= 4 is 26.5 Å². The van der Waals surface area contributed by atoms with Crippen molar-refractivity contribution in [2.24, 2.45) is 11.8 Å². The number of allylic oxidation sites excluding steroid dienone is 6. The summed E-state index contributed by atoms with van der Waals surface area (Å²) in [5, 5.41) is 11.2. The van der Waals surface area contributed by atoms with Gasteiger partial charge in [0.1, 0.15) is 0 Å². The topological polar surface area (TPSA) is 24.1 Å². The second kappa shape index (κ2) is 12.4. The standard InChI is InChI=1S/C33H40N2P2/c1-3-14-28(15-4-1)36-22-23-37(29-16-5-2-6-17-29)33-21-10-8-13-27(33)25-35-31-19-11-18-30(31)34-24-26-12-7-9-20-32(26)36/h1-10,12-17,20-21,26-27,30-35H,11,18-19,22-25H2/t26?,27?,30-,31-,32?,33?,36?,37?/m0/s1. The highest BCUT2D eigenvalue weighted by Gasteiger charge is 2.35. The molecule has 37 heavy (non-hydrogen) atoms. The van der Waals surface area contributed by atoms with Crippen molar-refractivity contribution in [1.29, 1.82) is 0 Å². The van der Waals surface area contributed by atoms with Crippen LogP contribution in [0.4, 0.5) is 0 Å². The zero-order chi connectivity index (χ0) is 24.9. The summed E-state index contributed by atoms with van der Waals surface area (Å²) in [4.78, 5) is 0. The van der Waals surface area contributed by atoms with Gasteiger partial charge in [-0.15, -0.1) is 0 Å². The molecule has 6 rings (SSSR count). The number of benzene rings is 2. The van der Waals surface area contributed by atoms with E-state index in [1.807, 2.05) is 0 Å². The first-order valence-electron chi connectivity index (χ1n) is 14.2. The predicted octanol–water partition coefficient (Wildman–Crippen LogP) is 5.94. The quantitative estimate of drug-likeness (QED) is 0.474. The first-order chi connectivity index (χ1) is 18.4. The summed E-state index contributed by atoms with van der Waals surface area (Å²) in [6.07, 6.45) is 25.8. The molecule has 4 aliphatic rings. The van der Waals surface area contributed by atoms with Crippen molar-refractivity contribution in [2.45, 2.75) is 42.7 Å². The van der Waals surface area contributed by atoms with Crippen LogP contribution >= 0.6 is 15.8 Å². The predicted molar refractivity (Wildman–Crippen MR) is 164 cm³/mol. The van der Waals surface area contributed by atoms with Gasteiger partial charge in [-0.3, -0.25) is 0 Å². The lowest BCUT2D eigenvalue weighted by Gasteiger charge is -2.38. The molecule has 4 heteroatoms. The zero-order valence-corrected chi connectivity index (χ0v) is 23.5. The lowest BCUT2D eigenvalue weighted by Crippen LogP contribution is -2.48. The van der Waals surface area contributed by atoms with Gasteiger partial charge in [-0.2, -0.15) is 0 Å². The Hall–Kier alpha value is -1.82. The van der Waals surface area contributed by atoms with Gasteiger partial charge in [-0.05, 0) is 35.8 Å². The number of rotatable bonds is 2. The van der Waals surface area contributed by atoms with Crippen LogP contribution in [-0.2, 0) is 0 Å². The van der Waals surface area contributed by atoms with Crippen molar-refractivity contribution in [2.75, 3.05) is 25.4 Å². The van der Waals surface area contributed by atoms with E-state index < -0.39 is 0 Å². The van der Waals surface area contributed by atoms with Crippen LogP contribution in [0.3, 0.4) is 0 Å². The molecule has 1 heterocycles. The molecule has 3 aliphatic carbocycles. The summed E-state index contributed by atoms with van der Waals surface area (Å²) in [5.74, 6) is 1.13. The Kier molecular flexibility index (Phi) is 8.50. The third-order valence-electron chi connectivity index (χ3n) is 8.66. The Morgan fingerprint density at radius 3 is 1.43 bits per heavy atom. The van der Waals surface area contributed by atoms with Crippen molar-refractivity contribution in [3.8, 4) is 0 Å². The third kappa shape index (κ3) is 5.94.